The van der Waals surface area contributed by atoms with Gasteiger partial charge in [0.1, 0.15) is 23.7 Å². The van der Waals surface area contributed by atoms with Crippen molar-refractivity contribution in [3.63, 3.8) is 0 Å². The SMILES string of the molecule is CCC(=O)Cl.CCC(=O)NCC1=C(c2ccc3ncccc3c2)C(=O)n2nc(-c3ccccc3)c(-c3ccccc3)c2C1.NCC1=C(c2ccc3ncccc3c2)C(=O)n2nc(-c3ccccc3)c(-c3ccccc3)c2C1.O=C(CO)NCC1=C(c2ccc3ncccc3c2)C(=O)n2nc(-c3ccccc3)c(-c3ccccc3)c2C1. The first-order valence-electron chi connectivity index (χ1n) is 37.9. The van der Waals surface area contributed by atoms with E-state index in [4.69, 9.17) is 32.6 Å². The molecule has 3 aliphatic heterocycles. The maximum absolute atomic E-state index is 14.2. The molecule has 0 aliphatic carbocycles. The molecule has 2 amide bonds. The highest BCUT2D eigenvalue weighted by atomic mass is 35.5. The summed E-state index contributed by atoms with van der Waals surface area (Å²) in [5, 5.41) is 32.2. The number of nitrogens with two attached hydrogens (primary N) is 1. The summed E-state index contributed by atoms with van der Waals surface area (Å²) >= 11 is 4.82. The molecule has 18 rings (SSSR count). The molecule has 0 radical (unpaired) electrons. The summed E-state index contributed by atoms with van der Waals surface area (Å²) in [6, 6.07) is 88.9. The van der Waals surface area contributed by atoms with Gasteiger partial charge in [-0.1, -0.05) is 232 Å². The van der Waals surface area contributed by atoms with E-state index in [1.54, 1.807) is 34.9 Å². The van der Waals surface area contributed by atoms with Crippen LogP contribution >= 0.6 is 11.6 Å². The second-order valence-corrected chi connectivity index (χ2v) is 28.0. The standard InChI is InChI=1S/C32H26N4O2.C31H24N4O3.C29H22N4O.C3H5ClO/c1-2-28(37)34-20-25-19-27-30(21-10-5-3-6-11-21)31(22-12-7-4-8-13-22)35-36(27)32(38)29(25)24-15-16-26-23(18-24)14-9-17-33-26;36-19-27(37)33-18-24-17-26-29(20-8-3-1-4-9-20)30(21-10-5-2-6-11-21)34-35(26)31(38)28(24)23-13-14-25-22(16-23)12-7-15-32-25;30-18-23-17-25-27(19-8-3-1-4-9-19)28(20-10-5-2-6-11-20)32-33(25)29(34)26(23)22-13-14-24-21(16-22)12-7-15-31-24;1-2-3(4)5/h3-18H,2,19-20H2,1H3,(H,34,37);1-16,36H,17-19H2,(H,33,37);1-16H,17-18,30H2;2H2,1H3. The molecule has 3 aliphatic rings. The van der Waals surface area contributed by atoms with Crippen LogP contribution in [0.4, 0.5) is 0 Å². The van der Waals surface area contributed by atoms with Gasteiger partial charge in [-0.2, -0.15) is 29.3 Å². The number of hydrogen-bond donors (Lipinski definition) is 4. The molecule has 0 saturated carbocycles. The minimum absolute atomic E-state index is 0.0562. The number of halogens is 1. The van der Waals surface area contributed by atoms with Crippen molar-refractivity contribution in [3.8, 4) is 67.2 Å². The van der Waals surface area contributed by atoms with Crippen LogP contribution in [0.3, 0.4) is 0 Å². The fourth-order valence-corrected chi connectivity index (χ4v) is 14.9. The number of nitrogens with zero attached hydrogens (tertiary/aromatic N) is 9. The summed E-state index contributed by atoms with van der Waals surface area (Å²) in [5.41, 5.74) is 28.8. The van der Waals surface area contributed by atoms with Crippen LogP contribution in [0.2, 0.25) is 0 Å². The van der Waals surface area contributed by atoms with Gasteiger partial charge < -0.3 is 21.5 Å². The Balaban J connectivity index is 0.000000132. The average molecular weight is 1530 g/mol. The number of aliphatic hydroxyl groups is 1. The Kier molecular flexibility index (Phi) is 23.0. The van der Waals surface area contributed by atoms with E-state index in [0.717, 1.165) is 150 Å². The molecule has 115 heavy (non-hydrogen) atoms. The molecule has 20 heteroatoms. The molecule has 0 atom stereocenters. The van der Waals surface area contributed by atoms with E-state index in [9.17, 15) is 33.9 Å². The van der Waals surface area contributed by atoms with Crippen molar-refractivity contribution < 1.29 is 33.9 Å². The number of pyridine rings is 3. The third-order valence-corrected chi connectivity index (χ3v) is 20.6. The lowest BCUT2D eigenvalue weighted by Gasteiger charge is -2.22. The Labute approximate surface area is 667 Å². The molecule has 19 nitrogen and oxygen atoms in total. The van der Waals surface area contributed by atoms with Crippen molar-refractivity contribution in [2.24, 2.45) is 5.73 Å². The minimum atomic E-state index is -0.621. The molecule has 15 aromatic rings. The molecule has 5 N–H and O–H groups in total. The van der Waals surface area contributed by atoms with Crippen LogP contribution in [-0.2, 0) is 33.6 Å². The smallest absolute Gasteiger partial charge is 0.279 e. The molecule has 0 unspecified atom stereocenters. The number of benzene rings is 9. The first kappa shape index (κ1) is 76.3. The van der Waals surface area contributed by atoms with E-state index < -0.39 is 12.5 Å². The Bertz CT molecular complexity index is 6060. The average Bonchev–Trinajstić information content (AvgIpc) is 1.63. The van der Waals surface area contributed by atoms with Crippen molar-refractivity contribution in [2.75, 3.05) is 26.2 Å². The van der Waals surface area contributed by atoms with Gasteiger partial charge >= 0.3 is 0 Å². The third kappa shape index (κ3) is 16.1. The van der Waals surface area contributed by atoms with E-state index >= 15 is 0 Å². The van der Waals surface area contributed by atoms with Crippen LogP contribution in [0, 0.1) is 0 Å². The summed E-state index contributed by atoms with van der Waals surface area (Å²) in [6.45, 7) is 3.64. The van der Waals surface area contributed by atoms with Gasteiger partial charge in [0.2, 0.25) is 17.1 Å². The van der Waals surface area contributed by atoms with Crippen molar-refractivity contribution >= 4 is 95.8 Å². The Hall–Kier alpha value is -14.1. The second-order valence-electron chi connectivity index (χ2n) is 27.5. The Morgan fingerprint density at radius 1 is 0.374 bits per heavy atom. The number of fused-ring (bicyclic) bond motifs is 6. The largest absolute Gasteiger partial charge is 0.387 e. The molecule has 6 aromatic heterocycles. The number of aliphatic hydroxyl groups excluding tert-OH is 1. The molecule has 0 saturated heterocycles. The predicted molar refractivity (Wildman–Crippen MR) is 452 cm³/mol. The fraction of sp³-hybridized carbons (Fsp3) is 0.116. The fourth-order valence-electron chi connectivity index (χ4n) is 14.9. The van der Waals surface area contributed by atoms with E-state index in [0.29, 0.717) is 61.9 Å². The van der Waals surface area contributed by atoms with Crippen LogP contribution in [-0.4, -0.2) is 110 Å². The van der Waals surface area contributed by atoms with E-state index in [-0.39, 0.29) is 35.4 Å². The second kappa shape index (κ2) is 34.7. The number of carbonyl (C=O) groups is 6. The van der Waals surface area contributed by atoms with Crippen molar-refractivity contribution in [1.29, 1.82) is 0 Å². The topological polar surface area (TPSA) is 265 Å². The van der Waals surface area contributed by atoms with Crippen LogP contribution in [0.1, 0.15) is 74.8 Å². The summed E-state index contributed by atoms with van der Waals surface area (Å²) in [5.74, 6) is -1.17. The normalized spacial score (nSPS) is 12.9. The van der Waals surface area contributed by atoms with Gasteiger partial charge in [0.25, 0.3) is 17.7 Å². The lowest BCUT2D eigenvalue weighted by atomic mass is 9.89. The first-order valence-corrected chi connectivity index (χ1v) is 38.2. The number of nitrogens with one attached hydrogen (secondary N) is 2. The maximum atomic E-state index is 14.2. The number of aromatic nitrogens is 9. The minimum Gasteiger partial charge on any atom is -0.387 e. The van der Waals surface area contributed by atoms with Crippen LogP contribution in [0.15, 0.2) is 308 Å². The van der Waals surface area contributed by atoms with Crippen LogP contribution in [0.5, 0.6) is 0 Å². The Morgan fingerprint density at radius 3 is 0.948 bits per heavy atom. The lowest BCUT2D eigenvalue weighted by Crippen LogP contribution is -2.32. The zero-order valence-corrected chi connectivity index (χ0v) is 63.7. The summed E-state index contributed by atoms with van der Waals surface area (Å²) in [6.07, 6.45) is 7.52. The van der Waals surface area contributed by atoms with Gasteiger partial charge in [0, 0.05) is 125 Å². The Morgan fingerprint density at radius 2 is 0.661 bits per heavy atom. The zero-order valence-electron chi connectivity index (χ0n) is 63.0. The molecule has 9 heterocycles. The number of allylic oxidation sites excluding steroid dienone is 3. The highest BCUT2D eigenvalue weighted by molar-refractivity contribution is 6.63. The van der Waals surface area contributed by atoms with Crippen molar-refractivity contribution in [3.05, 3.63) is 342 Å². The van der Waals surface area contributed by atoms with Gasteiger partial charge in [-0.25, -0.2) is 0 Å². The molecule has 0 bridgehead atoms. The molecule has 9 aromatic carbocycles. The first-order chi connectivity index (χ1) is 56.3. The molecule has 566 valence electrons. The number of hydrogen-bond acceptors (Lipinski definition) is 14. The summed E-state index contributed by atoms with van der Waals surface area (Å²) in [4.78, 5) is 89.3. The summed E-state index contributed by atoms with van der Waals surface area (Å²) in [7, 11) is 0. The van der Waals surface area contributed by atoms with Crippen molar-refractivity contribution in [1.82, 2.24) is 54.9 Å². The van der Waals surface area contributed by atoms with E-state index in [1.807, 2.05) is 268 Å². The number of rotatable bonds is 17. The molecule has 0 fully saturated rings. The quantitative estimate of drug-likeness (QED) is 0.0618. The number of amides is 2. The van der Waals surface area contributed by atoms with Crippen LogP contribution in [0.25, 0.3) is 117 Å². The van der Waals surface area contributed by atoms with Gasteiger partial charge in [-0.05, 0) is 116 Å². The molecular formula is C95H77ClN12O7. The van der Waals surface area contributed by atoms with E-state index in [1.165, 1.54) is 4.68 Å². The number of carbonyl (C=O) groups excluding carboxylic acids is 6. The maximum Gasteiger partial charge on any atom is 0.279 e. The van der Waals surface area contributed by atoms with Gasteiger partial charge in [0.15, 0.2) is 0 Å². The van der Waals surface area contributed by atoms with Crippen LogP contribution < -0.4 is 16.4 Å². The van der Waals surface area contributed by atoms with Gasteiger partial charge in [-0.15, -0.1) is 0 Å². The monoisotopic (exact) mass is 1530 g/mol. The highest BCUT2D eigenvalue weighted by Crippen LogP contribution is 2.44. The lowest BCUT2D eigenvalue weighted by molar-refractivity contribution is -0.123. The molecule has 0 spiro atoms. The predicted octanol–water partition coefficient (Wildman–Crippen LogP) is 17.0. The van der Waals surface area contributed by atoms with E-state index in [2.05, 4.69) is 37.7 Å². The third-order valence-electron chi connectivity index (χ3n) is 20.4. The molecular weight excluding hydrogens is 1460 g/mol. The zero-order chi connectivity index (χ0) is 79.5. The highest BCUT2D eigenvalue weighted by Gasteiger charge is 2.37. The summed E-state index contributed by atoms with van der Waals surface area (Å²) < 4.78 is 4.63. The van der Waals surface area contributed by atoms with Gasteiger partial charge in [-0.3, -0.25) is 43.7 Å². The van der Waals surface area contributed by atoms with Crippen molar-refractivity contribution in [2.45, 2.75) is 46.0 Å². The van der Waals surface area contributed by atoms with Gasteiger partial charge in [0.05, 0.1) is 44.8 Å².